The first-order valence-corrected chi connectivity index (χ1v) is 11.7. The molecule has 0 spiro atoms. The summed E-state index contributed by atoms with van der Waals surface area (Å²) in [4.78, 5) is 36.1. The molecular formula is C26H25Cl2NO6. The molecule has 35 heavy (non-hydrogen) atoms. The van der Waals surface area contributed by atoms with Gasteiger partial charge in [-0.25, -0.2) is 4.79 Å². The van der Waals surface area contributed by atoms with Crippen molar-refractivity contribution in [2.45, 2.75) is 44.4 Å². The second-order valence-electron chi connectivity index (χ2n) is 8.27. The van der Waals surface area contributed by atoms with Crippen LogP contribution in [0.4, 0.5) is 0 Å². The number of aliphatic hydroxyl groups is 1. The van der Waals surface area contributed by atoms with E-state index in [0.29, 0.717) is 15.6 Å². The van der Waals surface area contributed by atoms with Crippen molar-refractivity contribution < 1.29 is 29.3 Å². The number of nitrogens with one attached hydrogen (secondary N) is 1. The number of hydrogen-bond donors (Lipinski definition) is 3. The van der Waals surface area contributed by atoms with Gasteiger partial charge in [0.1, 0.15) is 6.10 Å². The summed E-state index contributed by atoms with van der Waals surface area (Å²) < 4.78 is 5.81. The van der Waals surface area contributed by atoms with E-state index in [9.17, 15) is 19.5 Å². The van der Waals surface area contributed by atoms with Crippen LogP contribution in [0.15, 0.2) is 60.7 Å². The largest absolute Gasteiger partial charge is 0.481 e. The Balaban J connectivity index is 1.77. The number of carbonyl (C=O) groups is 3. The molecule has 0 aromatic heterocycles. The molecule has 9 heteroatoms. The minimum Gasteiger partial charge on any atom is -0.481 e. The first-order chi connectivity index (χ1) is 16.6. The van der Waals surface area contributed by atoms with Crippen molar-refractivity contribution in [3.63, 3.8) is 0 Å². The molecule has 1 amide bonds. The lowest BCUT2D eigenvalue weighted by Crippen LogP contribution is -2.45. The van der Waals surface area contributed by atoms with Crippen LogP contribution < -0.4 is 5.32 Å². The van der Waals surface area contributed by atoms with Crippen molar-refractivity contribution in [1.82, 2.24) is 5.32 Å². The molecule has 0 aliphatic heterocycles. The summed E-state index contributed by atoms with van der Waals surface area (Å²) in [6.45, 7) is 1.66. The maximum absolute atomic E-state index is 13.0. The summed E-state index contributed by atoms with van der Waals surface area (Å²) in [6, 6.07) is 17.2. The monoisotopic (exact) mass is 517 g/mol. The molecule has 3 atom stereocenters. The number of carboxylic acid groups (broad SMARTS) is 1. The second kappa shape index (κ2) is 12.0. The Morgan fingerprint density at radius 1 is 0.943 bits per heavy atom. The molecule has 3 aromatic carbocycles. The summed E-state index contributed by atoms with van der Waals surface area (Å²) in [5, 5.41) is 23.8. The number of carbonyl (C=O) groups excluding carboxylic acids is 2. The third-order valence-corrected chi connectivity index (χ3v) is 6.18. The summed E-state index contributed by atoms with van der Waals surface area (Å²) in [6.07, 6.45) is -2.82. The van der Waals surface area contributed by atoms with E-state index in [1.807, 2.05) is 30.3 Å². The van der Waals surface area contributed by atoms with Crippen LogP contribution >= 0.6 is 23.2 Å². The van der Waals surface area contributed by atoms with Crippen LogP contribution in [0, 0.1) is 0 Å². The number of aliphatic carboxylic acids is 1. The Bertz CT molecular complexity index is 1230. The average molecular weight is 518 g/mol. The maximum atomic E-state index is 13.0. The number of ether oxygens (including phenoxy) is 1. The molecule has 0 heterocycles. The number of hydrogen-bond acceptors (Lipinski definition) is 5. The van der Waals surface area contributed by atoms with Crippen molar-refractivity contribution in [2.24, 2.45) is 0 Å². The number of amides is 1. The van der Waals surface area contributed by atoms with Crippen LogP contribution in [0.3, 0.4) is 0 Å². The van der Waals surface area contributed by atoms with Gasteiger partial charge in [-0.05, 0) is 47.5 Å². The summed E-state index contributed by atoms with van der Waals surface area (Å²) in [5.41, 5.74) is 1.10. The Morgan fingerprint density at radius 3 is 2.34 bits per heavy atom. The van der Waals surface area contributed by atoms with E-state index in [1.165, 1.54) is 0 Å². The topological polar surface area (TPSA) is 113 Å². The highest BCUT2D eigenvalue weighted by Gasteiger charge is 2.26. The van der Waals surface area contributed by atoms with Gasteiger partial charge in [-0.1, -0.05) is 59.6 Å². The van der Waals surface area contributed by atoms with E-state index < -0.39 is 48.9 Å². The molecule has 0 fully saturated rings. The number of benzene rings is 3. The second-order valence-corrected chi connectivity index (χ2v) is 9.08. The Hall–Kier alpha value is -3.13. The quantitative estimate of drug-likeness (QED) is 0.337. The number of fused-ring (bicyclic) bond motifs is 1. The number of carboxylic acids is 1. The highest BCUT2D eigenvalue weighted by atomic mass is 35.5. The van der Waals surface area contributed by atoms with Gasteiger partial charge in [0, 0.05) is 6.42 Å². The van der Waals surface area contributed by atoms with Crippen molar-refractivity contribution >= 4 is 51.8 Å². The van der Waals surface area contributed by atoms with Crippen LogP contribution in [0.5, 0.6) is 0 Å². The fraction of sp³-hybridized carbons (Fsp3) is 0.269. The first-order valence-electron chi connectivity index (χ1n) is 11.0. The van der Waals surface area contributed by atoms with E-state index in [2.05, 4.69) is 5.32 Å². The molecule has 7 nitrogen and oxygen atoms in total. The number of esters is 1. The van der Waals surface area contributed by atoms with Crippen LogP contribution in [0.25, 0.3) is 10.8 Å². The minimum absolute atomic E-state index is 0.231. The molecule has 3 aromatic rings. The van der Waals surface area contributed by atoms with Crippen molar-refractivity contribution in [1.29, 1.82) is 0 Å². The molecule has 1 unspecified atom stereocenters. The molecule has 0 bridgehead atoms. The van der Waals surface area contributed by atoms with E-state index >= 15 is 0 Å². The molecule has 0 radical (unpaired) electrons. The van der Waals surface area contributed by atoms with Gasteiger partial charge in [0.25, 0.3) is 0 Å². The Kier molecular flexibility index (Phi) is 9.09. The molecule has 0 aliphatic carbocycles. The summed E-state index contributed by atoms with van der Waals surface area (Å²) >= 11 is 12.1. The Morgan fingerprint density at radius 2 is 1.66 bits per heavy atom. The number of rotatable bonds is 10. The lowest BCUT2D eigenvalue weighted by molar-refractivity contribution is -0.139. The minimum atomic E-state index is -1.33. The van der Waals surface area contributed by atoms with Crippen molar-refractivity contribution in [3.05, 3.63) is 81.8 Å². The third-order valence-electron chi connectivity index (χ3n) is 5.44. The van der Waals surface area contributed by atoms with Gasteiger partial charge < -0.3 is 20.3 Å². The van der Waals surface area contributed by atoms with Gasteiger partial charge in [-0.3, -0.25) is 9.59 Å². The van der Waals surface area contributed by atoms with E-state index in [0.717, 1.165) is 16.3 Å². The zero-order chi connectivity index (χ0) is 25.5. The Labute approximate surface area is 212 Å². The lowest BCUT2D eigenvalue weighted by Gasteiger charge is -2.26. The predicted octanol–water partition coefficient (Wildman–Crippen LogP) is 4.65. The molecule has 3 rings (SSSR count). The third kappa shape index (κ3) is 7.68. The van der Waals surface area contributed by atoms with Crippen LogP contribution in [-0.2, 0) is 20.7 Å². The molecule has 3 N–H and O–H groups in total. The molecule has 184 valence electrons. The SMILES string of the molecule is C[C@H](NC(=O)CC(O)CC(=O)O)[C@@H](Cc1ccc(Cl)c(Cl)c1)OC(=O)c1ccc2ccccc2c1. The fourth-order valence-corrected chi connectivity index (χ4v) is 3.96. The summed E-state index contributed by atoms with van der Waals surface area (Å²) in [5.74, 6) is -2.33. The van der Waals surface area contributed by atoms with Crippen LogP contribution in [0.2, 0.25) is 10.0 Å². The first kappa shape index (κ1) is 26.5. The van der Waals surface area contributed by atoms with Gasteiger partial charge in [0.2, 0.25) is 5.91 Å². The number of halogens is 2. The fourth-order valence-electron chi connectivity index (χ4n) is 3.63. The van der Waals surface area contributed by atoms with E-state index in [-0.39, 0.29) is 6.42 Å². The van der Waals surface area contributed by atoms with Gasteiger partial charge in [-0.2, -0.15) is 0 Å². The molecule has 0 saturated carbocycles. The van der Waals surface area contributed by atoms with Crippen LogP contribution in [0.1, 0.15) is 35.7 Å². The number of aliphatic hydroxyl groups excluding tert-OH is 1. The predicted molar refractivity (Wildman–Crippen MR) is 134 cm³/mol. The highest BCUT2D eigenvalue weighted by molar-refractivity contribution is 6.42. The van der Waals surface area contributed by atoms with Crippen LogP contribution in [-0.4, -0.2) is 46.3 Å². The summed E-state index contributed by atoms with van der Waals surface area (Å²) in [7, 11) is 0. The van der Waals surface area contributed by atoms with Crippen molar-refractivity contribution in [3.8, 4) is 0 Å². The van der Waals surface area contributed by atoms with Crippen molar-refractivity contribution in [2.75, 3.05) is 0 Å². The molecular weight excluding hydrogens is 493 g/mol. The van der Waals surface area contributed by atoms with Gasteiger partial charge in [0.15, 0.2) is 0 Å². The maximum Gasteiger partial charge on any atom is 0.338 e. The smallest absolute Gasteiger partial charge is 0.338 e. The average Bonchev–Trinajstić information content (AvgIpc) is 2.79. The van der Waals surface area contributed by atoms with Gasteiger partial charge >= 0.3 is 11.9 Å². The lowest BCUT2D eigenvalue weighted by atomic mass is 10.0. The highest BCUT2D eigenvalue weighted by Crippen LogP contribution is 2.24. The van der Waals surface area contributed by atoms with Gasteiger partial charge in [-0.15, -0.1) is 0 Å². The molecule has 0 aliphatic rings. The molecule has 0 saturated heterocycles. The van der Waals surface area contributed by atoms with Gasteiger partial charge in [0.05, 0.1) is 40.6 Å². The zero-order valence-corrected chi connectivity index (χ0v) is 20.4. The standard InChI is InChI=1S/C26H25Cl2NO6/c1-15(29-24(31)13-20(30)14-25(32)33)23(11-16-6-9-21(27)22(28)10-16)35-26(34)19-8-7-17-4-2-3-5-18(17)12-19/h2-10,12,15,20,23,30H,11,13-14H2,1H3,(H,29,31)(H,32,33)/t15-,20?,23+/m0/s1. The normalized spacial score (nSPS) is 13.6. The van der Waals surface area contributed by atoms with E-state index in [1.54, 1.807) is 37.3 Å². The van der Waals surface area contributed by atoms with E-state index in [4.69, 9.17) is 33.0 Å². The zero-order valence-electron chi connectivity index (χ0n) is 18.9.